The van der Waals surface area contributed by atoms with Crippen LogP contribution in [0.15, 0.2) is 38.0 Å². The molecule has 96 valence electrons. The number of Topliss-reactive ketones (excluding diaryl/α,β-unsaturated/α-hetero) is 1. The van der Waals surface area contributed by atoms with Crippen LogP contribution in [0.2, 0.25) is 0 Å². The molecule has 1 atom stereocenters. The predicted molar refractivity (Wildman–Crippen MR) is 73.8 cm³/mol. The van der Waals surface area contributed by atoms with E-state index in [4.69, 9.17) is 0 Å². The lowest BCUT2D eigenvalue weighted by atomic mass is 9.58. The minimum absolute atomic E-state index is 0.169. The lowest BCUT2D eigenvalue weighted by molar-refractivity contribution is -0.127. The van der Waals surface area contributed by atoms with Gasteiger partial charge in [-0.1, -0.05) is 18.2 Å². The molecular formula is C16H21NO. The number of rotatable bonds is 6. The van der Waals surface area contributed by atoms with E-state index in [9.17, 15) is 10.1 Å². The molecule has 1 rings (SSSR count). The summed E-state index contributed by atoms with van der Waals surface area (Å²) in [5.41, 5.74) is -0.749. The van der Waals surface area contributed by atoms with Gasteiger partial charge in [0.25, 0.3) is 0 Å². The van der Waals surface area contributed by atoms with Crippen molar-refractivity contribution in [2.45, 2.75) is 38.5 Å². The maximum absolute atomic E-state index is 12.0. The summed E-state index contributed by atoms with van der Waals surface area (Å²) in [7, 11) is 0. The van der Waals surface area contributed by atoms with E-state index in [0.29, 0.717) is 19.3 Å². The molecule has 0 aromatic heterocycles. The molecule has 2 nitrogen and oxygen atoms in total. The normalized spacial score (nSPS) is 26.1. The van der Waals surface area contributed by atoms with Crippen LogP contribution in [0.3, 0.4) is 0 Å². The standard InChI is InChI=1S/C16H21NO/c1-4-7-15(8-5-2)10-14(18)11-16(12-15,13-17)9-6-3/h4-6H,1-3,7-12H2. The first-order chi connectivity index (χ1) is 8.55. The first-order valence-electron chi connectivity index (χ1n) is 6.31. The third-order valence-corrected chi connectivity index (χ3v) is 3.75. The lowest BCUT2D eigenvalue weighted by Crippen LogP contribution is -2.39. The van der Waals surface area contributed by atoms with E-state index < -0.39 is 5.41 Å². The third kappa shape index (κ3) is 2.98. The smallest absolute Gasteiger partial charge is 0.135 e. The van der Waals surface area contributed by atoms with E-state index in [1.165, 1.54) is 0 Å². The Bertz CT molecular complexity index is 392. The van der Waals surface area contributed by atoms with Crippen LogP contribution in [-0.4, -0.2) is 5.78 Å². The molecule has 0 heterocycles. The monoisotopic (exact) mass is 243 g/mol. The number of nitrogens with zero attached hydrogens (tertiary/aromatic N) is 1. The molecule has 0 aliphatic heterocycles. The van der Waals surface area contributed by atoms with Gasteiger partial charge >= 0.3 is 0 Å². The first-order valence-corrected chi connectivity index (χ1v) is 6.31. The molecule has 0 radical (unpaired) electrons. The number of hydrogen-bond acceptors (Lipinski definition) is 2. The maximum Gasteiger partial charge on any atom is 0.135 e. The zero-order valence-corrected chi connectivity index (χ0v) is 11.0. The summed E-state index contributed by atoms with van der Waals surface area (Å²) < 4.78 is 0. The van der Waals surface area contributed by atoms with Crippen LogP contribution in [0.4, 0.5) is 0 Å². The molecule has 18 heavy (non-hydrogen) atoms. The molecule has 1 saturated carbocycles. The van der Waals surface area contributed by atoms with E-state index in [0.717, 1.165) is 19.3 Å². The Kier molecular flexibility index (Phi) is 4.67. The average molecular weight is 243 g/mol. The number of carbonyl (C=O) groups excluding carboxylic acids is 1. The third-order valence-electron chi connectivity index (χ3n) is 3.75. The highest BCUT2D eigenvalue weighted by Gasteiger charge is 2.46. The van der Waals surface area contributed by atoms with E-state index in [1.54, 1.807) is 6.08 Å². The summed E-state index contributed by atoms with van der Waals surface area (Å²) in [6.45, 7) is 11.3. The van der Waals surface area contributed by atoms with Gasteiger partial charge in [-0.25, -0.2) is 0 Å². The van der Waals surface area contributed by atoms with Gasteiger partial charge in [0.15, 0.2) is 0 Å². The highest BCUT2D eigenvalue weighted by Crippen LogP contribution is 2.50. The van der Waals surface area contributed by atoms with Crippen LogP contribution in [0.1, 0.15) is 38.5 Å². The van der Waals surface area contributed by atoms with Crippen molar-refractivity contribution in [3.05, 3.63) is 38.0 Å². The van der Waals surface area contributed by atoms with Gasteiger partial charge in [0.2, 0.25) is 0 Å². The van der Waals surface area contributed by atoms with E-state index in [2.05, 4.69) is 25.8 Å². The second-order valence-electron chi connectivity index (χ2n) is 5.44. The summed E-state index contributed by atoms with van der Waals surface area (Å²) in [4.78, 5) is 12.0. The van der Waals surface area contributed by atoms with Crippen LogP contribution >= 0.6 is 0 Å². The first kappa shape index (κ1) is 14.4. The summed E-state index contributed by atoms with van der Waals surface area (Å²) >= 11 is 0. The Morgan fingerprint density at radius 2 is 1.67 bits per heavy atom. The molecule has 1 aliphatic carbocycles. The zero-order chi connectivity index (χ0) is 13.6. The fraction of sp³-hybridized carbons (Fsp3) is 0.500. The quantitative estimate of drug-likeness (QED) is 0.662. The van der Waals surface area contributed by atoms with Gasteiger partial charge in [-0.2, -0.15) is 5.26 Å². The molecule has 0 bridgehead atoms. The topological polar surface area (TPSA) is 40.9 Å². The number of ketones is 1. The summed E-state index contributed by atoms with van der Waals surface area (Å²) in [5.74, 6) is 0.174. The number of hydrogen-bond donors (Lipinski definition) is 0. The van der Waals surface area contributed by atoms with E-state index in [1.807, 2.05) is 12.2 Å². The predicted octanol–water partition coefficient (Wildman–Crippen LogP) is 3.96. The van der Waals surface area contributed by atoms with Crippen LogP contribution in [-0.2, 0) is 4.79 Å². The van der Waals surface area contributed by atoms with Gasteiger partial charge in [0.1, 0.15) is 5.78 Å². The van der Waals surface area contributed by atoms with Gasteiger partial charge in [0.05, 0.1) is 11.5 Å². The molecule has 0 spiro atoms. The van der Waals surface area contributed by atoms with Crippen LogP contribution < -0.4 is 0 Å². The Labute approximate surface area is 110 Å². The Morgan fingerprint density at radius 3 is 2.11 bits per heavy atom. The highest BCUT2D eigenvalue weighted by molar-refractivity contribution is 5.81. The van der Waals surface area contributed by atoms with E-state index >= 15 is 0 Å². The van der Waals surface area contributed by atoms with Crippen LogP contribution in [0.5, 0.6) is 0 Å². The van der Waals surface area contributed by atoms with Gasteiger partial charge in [-0.05, 0) is 31.1 Å². The van der Waals surface area contributed by atoms with Crippen molar-refractivity contribution in [1.29, 1.82) is 5.26 Å². The van der Waals surface area contributed by atoms with Gasteiger partial charge in [0, 0.05) is 12.8 Å². The van der Waals surface area contributed by atoms with Gasteiger partial charge in [-0.15, -0.1) is 19.7 Å². The van der Waals surface area contributed by atoms with Gasteiger partial charge in [-0.3, -0.25) is 4.79 Å². The number of carbonyl (C=O) groups is 1. The minimum Gasteiger partial charge on any atom is -0.300 e. The SMILES string of the molecule is C=CCC1(C#N)CC(=O)CC(CC=C)(CC=C)C1. The molecule has 0 aromatic carbocycles. The molecule has 1 fully saturated rings. The molecule has 1 unspecified atom stereocenters. The minimum atomic E-state index is -0.580. The van der Waals surface area contributed by atoms with Gasteiger partial charge < -0.3 is 0 Å². The second kappa shape index (κ2) is 5.82. The van der Waals surface area contributed by atoms with Crippen molar-refractivity contribution in [2.75, 3.05) is 0 Å². The van der Waals surface area contributed by atoms with E-state index in [-0.39, 0.29) is 11.2 Å². The molecular weight excluding hydrogens is 222 g/mol. The molecule has 1 aliphatic rings. The van der Waals surface area contributed by atoms with Crippen molar-refractivity contribution in [3.63, 3.8) is 0 Å². The molecule has 0 N–H and O–H groups in total. The number of nitriles is 1. The highest BCUT2D eigenvalue weighted by atomic mass is 16.1. The second-order valence-corrected chi connectivity index (χ2v) is 5.44. The summed E-state index contributed by atoms with van der Waals surface area (Å²) in [6.07, 6.45) is 9.14. The molecule has 2 heteroatoms. The fourth-order valence-electron chi connectivity index (χ4n) is 3.23. The summed E-state index contributed by atoms with van der Waals surface area (Å²) in [6, 6.07) is 2.36. The van der Waals surface area contributed by atoms with Crippen molar-refractivity contribution in [3.8, 4) is 6.07 Å². The lowest BCUT2D eigenvalue weighted by Gasteiger charge is -2.43. The Morgan fingerprint density at radius 1 is 1.11 bits per heavy atom. The molecule has 0 saturated heterocycles. The maximum atomic E-state index is 12.0. The Hall–Kier alpha value is -1.62. The van der Waals surface area contributed by atoms with Crippen molar-refractivity contribution < 1.29 is 4.79 Å². The van der Waals surface area contributed by atoms with Crippen LogP contribution in [0.25, 0.3) is 0 Å². The molecule has 0 aromatic rings. The fourth-order valence-corrected chi connectivity index (χ4v) is 3.23. The zero-order valence-electron chi connectivity index (χ0n) is 11.0. The largest absolute Gasteiger partial charge is 0.300 e. The van der Waals surface area contributed by atoms with Crippen molar-refractivity contribution in [1.82, 2.24) is 0 Å². The van der Waals surface area contributed by atoms with Crippen molar-refractivity contribution in [2.24, 2.45) is 10.8 Å². The Balaban J connectivity index is 3.09. The van der Waals surface area contributed by atoms with Crippen molar-refractivity contribution >= 4 is 5.78 Å². The molecule has 0 amide bonds. The van der Waals surface area contributed by atoms with Crippen LogP contribution in [0, 0.1) is 22.2 Å². The average Bonchev–Trinajstić information content (AvgIpc) is 2.29. The summed E-state index contributed by atoms with van der Waals surface area (Å²) in [5, 5.41) is 9.46. The number of allylic oxidation sites excluding steroid dienone is 3.